The van der Waals surface area contributed by atoms with Crippen LogP contribution in [0.4, 0.5) is 13.2 Å². The van der Waals surface area contributed by atoms with E-state index in [4.69, 9.17) is 11.6 Å². The van der Waals surface area contributed by atoms with E-state index in [1.165, 1.54) is 0 Å². The van der Waals surface area contributed by atoms with Crippen LogP contribution in [0.5, 0.6) is 0 Å². The monoisotopic (exact) mass is 195 g/mol. The molecule has 0 aromatic carbocycles. The molecule has 0 amide bonds. The SMILES string of the molecule is FCc1cc(Cl)ncc1C(F)F. The second-order valence-electron chi connectivity index (χ2n) is 2.14. The van der Waals surface area contributed by atoms with Gasteiger partial charge in [-0.1, -0.05) is 11.6 Å². The zero-order valence-corrected chi connectivity index (χ0v) is 6.65. The number of rotatable bonds is 2. The van der Waals surface area contributed by atoms with Crippen molar-refractivity contribution in [2.24, 2.45) is 0 Å². The van der Waals surface area contributed by atoms with Crippen molar-refractivity contribution in [3.63, 3.8) is 0 Å². The molecule has 1 heterocycles. The quantitative estimate of drug-likeness (QED) is 0.661. The maximum Gasteiger partial charge on any atom is 0.265 e. The van der Waals surface area contributed by atoms with Crippen molar-refractivity contribution in [3.05, 3.63) is 28.5 Å². The number of alkyl halides is 3. The Bertz CT molecular complexity index is 277. The minimum absolute atomic E-state index is 0.0204. The van der Waals surface area contributed by atoms with E-state index in [1.807, 2.05) is 0 Å². The van der Waals surface area contributed by atoms with Crippen LogP contribution in [0.1, 0.15) is 17.6 Å². The standard InChI is InChI=1S/C7H5ClF3N/c8-6-1-4(2-9)5(3-12-6)7(10)11/h1,3,7H,2H2. The van der Waals surface area contributed by atoms with Gasteiger partial charge in [0.1, 0.15) is 11.8 Å². The number of hydrogen-bond donors (Lipinski definition) is 0. The normalized spacial score (nSPS) is 10.8. The molecule has 0 atom stereocenters. The molecule has 0 bridgehead atoms. The van der Waals surface area contributed by atoms with E-state index < -0.39 is 18.7 Å². The maximum absolute atomic E-state index is 12.1. The van der Waals surface area contributed by atoms with E-state index in [0.717, 1.165) is 12.3 Å². The summed E-state index contributed by atoms with van der Waals surface area (Å²) in [5.41, 5.74) is -0.507. The third kappa shape index (κ3) is 1.88. The summed E-state index contributed by atoms with van der Waals surface area (Å²) < 4.78 is 36.3. The van der Waals surface area contributed by atoms with Crippen molar-refractivity contribution < 1.29 is 13.2 Å². The van der Waals surface area contributed by atoms with Crippen molar-refractivity contribution >= 4 is 11.6 Å². The van der Waals surface area contributed by atoms with Gasteiger partial charge in [-0.2, -0.15) is 0 Å². The van der Waals surface area contributed by atoms with Crippen LogP contribution in [-0.2, 0) is 6.67 Å². The average Bonchev–Trinajstić information content (AvgIpc) is 2.03. The van der Waals surface area contributed by atoms with Gasteiger partial charge in [0.05, 0.1) is 0 Å². The number of nitrogens with zero attached hydrogens (tertiary/aromatic N) is 1. The van der Waals surface area contributed by atoms with Gasteiger partial charge < -0.3 is 0 Å². The van der Waals surface area contributed by atoms with Gasteiger partial charge in [-0.25, -0.2) is 18.2 Å². The van der Waals surface area contributed by atoms with Gasteiger partial charge in [0.2, 0.25) is 0 Å². The highest BCUT2D eigenvalue weighted by Gasteiger charge is 2.13. The second kappa shape index (κ2) is 3.76. The van der Waals surface area contributed by atoms with Crippen molar-refractivity contribution in [2.75, 3.05) is 0 Å². The molecule has 0 aliphatic carbocycles. The van der Waals surface area contributed by atoms with E-state index in [1.54, 1.807) is 0 Å². The summed E-state index contributed by atoms with van der Waals surface area (Å²) in [7, 11) is 0. The summed E-state index contributed by atoms with van der Waals surface area (Å²) in [6, 6.07) is 1.10. The molecule has 12 heavy (non-hydrogen) atoms. The Morgan fingerprint density at radius 3 is 2.67 bits per heavy atom. The number of aromatic nitrogens is 1. The highest BCUT2D eigenvalue weighted by molar-refractivity contribution is 6.29. The van der Waals surface area contributed by atoms with Crippen molar-refractivity contribution in [1.29, 1.82) is 0 Å². The van der Waals surface area contributed by atoms with Gasteiger partial charge in [0, 0.05) is 11.8 Å². The molecule has 0 aliphatic heterocycles. The maximum atomic E-state index is 12.1. The van der Waals surface area contributed by atoms with Crippen LogP contribution in [0.15, 0.2) is 12.3 Å². The van der Waals surface area contributed by atoms with E-state index in [-0.39, 0.29) is 10.7 Å². The first-order valence-electron chi connectivity index (χ1n) is 3.13. The summed E-state index contributed by atoms with van der Waals surface area (Å²) in [5, 5.41) is 0.0204. The Morgan fingerprint density at radius 2 is 2.17 bits per heavy atom. The Kier molecular flexibility index (Phi) is 2.92. The van der Waals surface area contributed by atoms with E-state index in [2.05, 4.69) is 4.98 Å². The Hall–Kier alpha value is -0.770. The molecule has 0 unspecified atom stereocenters. The van der Waals surface area contributed by atoms with E-state index in [0.29, 0.717) is 0 Å². The summed E-state index contributed by atoms with van der Waals surface area (Å²) in [6.45, 7) is -0.956. The Morgan fingerprint density at radius 1 is 1.50 bits per heavy atom. The molecule has 1 aromatic rings. The minimum Gasteiger partial charge on any atom is -0.246 e. The largest absolute Gasteiger partial charge is 0.265 e. The van der Waals surface area contributed by atoms with Crippen LogP contribution in [-0.4, -0.2) is 4.98 Å². The molecule has 0 spiro atoms. The van der Waals surface area contributed by atoms with Crippen molar-refractivity contribution in [2.45, 2.75) is 13.1 Å². The van der Waals surface area contributed by atoms with Crippen LogP contribution in [0.3, 0.4) is 0 Å². The van der Waals surface area contributed by atoms with E-state index in [9.17, 15) is 13.2 Å². The van der Waals surface area contributed by atoms with Gasteiger partial charge in [-0.05, 0) is 11.6 Å². The lowest BCUT2D eigenvalue weighted by Crippen LogP contribution is -1.94. The molecular weight excluding hydrogens is 191 g/mol. The molecule has 0 saturated heterocycles. The first kappa shape index (κ1) is 9.32. The van der Waals surface area contributed by atoms with Crippen molar-refractivity contribution in [3.8, 4) is 0 Å². The zero-order chi connectivity index (χ0) is 9.14. The predicted octanol–water partition coefficient (Wildman–Crippen LogP) is 3.14. The number of hydrogen-bond acceptors (Lipinski definition) is 1. The van der Waals surface area contributed by atoms with Gasteiger partial charge in [-0.3, -0.25) is 0 Å². The first-order valence-corrected chi connectivity index (χ1v) is 3.51. The fraction of sp³-hybridized carbons (Fsp3) is 0.286. The van der Waals surface area contributed by atoms with Crippen molar-refractivity contribution in [1.82, 2.24) is 4.98 Å². The summed E-state index contributed by atoms with van der Waals surface area (Å²) in [5.74, 6) is 0. The van der Waals surface area contributed by atoms with Crippen LogP contribution < -0.4 is 0 Å². The molecule has 66 valence electrons. The smallest absolute Gasteiger partial charge is 0.246 e. The third-order valence-electron chi connectivity index (χ3n) is 1.37. The fourth-order valence-electron chi connectivity index (χ4n) is 0.791. The van der Waals surface area contributed by atoms with Crippen LogP contribution in [0.25, 0.3) is 0 Å². The molecular formula is C7H5ClF3N. The number of halogens is 4. The molecule has 1 aromatic heterocycles. The van der Waals surface area contributed by atoms with E-state index >= 15 is 0 Å². The third-order valence-corrected chi connectivity index (χ3v) is 1.58. The highest BCUT2D eigenvalue weighted by atomic mass is 35.5. The molecule has 1 rings (SSSR count). The summed E-state index contributed by atoms with van der Waals surface area (Å²) >= 11 is 5.38. The predicted molar refractivity (Wildman–Crippen MR) is 39.0 cm³/mol. The first-order chi connectivity index (χ1) is 5.65. The Labute approximate surface area is 72.2 Å². The lowest BCUT2D eigenvalue weighted by Gasteiger charge is -2.03. The second-order valence-corrected chi connectivity index (χ2v) is 2.53. The lowest BCUT2D eigenvalue weighted by molar-refractivity contribution is 0.149. The van der Waals surface area contributed by atoms with Crippen LogP contribution in [0, 0.1) is 0 Å². The molecule has 0 N–H and O–H groups in total. The average molecular weight is 196 g/mol. The topological polar surface area (TPSA) is 12.9 Å². The minimum atomic E-state index is -2.71. The Balaban J connectivity index is 3.11. The highest BCUT2D eigenvalue weighted by Crippen LogP contribution is 2.24. The lowest BCUT2D eigenvalue weighted by atomic mass is 10.2. The molecule has 5 heteroatoms. The van der Waals surface area contributed by atoms with Gasteiger partial charge in [0.15, 0.2) is 0 Å². The number of pyridine rings is 1. The molecule has 0 radical (unpaired) electrons. The molecule has 0 aliphatic rings. The molecule has 1 nitrogen and oxygen atoms in total. The van der Waals surface area contributed by atoms with Gasteiger partial charge >= 0.3 is 0 Å². The van der Waals surface area contributed by atoms with Crippen LogP contribution in [0.2, 0.25) is 5.15 Å². The summed E-state index contributed by atoms with van der Waals surface area (Å²) in [4.78, 5) is 3.43. The van der Waals surface area contributed by atoms with Crippen LogP contribution >= 0.6 is 11.6 Å². The summed E-state index contributed by atoms with van der Waals surface area (Å²) in [6.07, 6.45) is -1.82. The van der Waals surface area contributed by atoms with Gasteiger partial charge in [-0.15, -0.1) is 0 Å². The molecule has 0 fully saturated rings. The zero-order valence-electron chi connectivity index (χ0n) is 5.90. The van der Waals surface area contributed by atoms with Gasteiger partial charge in [0.25, 0.3) is 6.43 Å². The fourth-order valence-corrected chi connectivity index (χ4v) is 0.971. The molecule has 0 saturated carbocycles.